The predicted octanol–water partition coefficient (Wildman–Crippen LogP) is 2.70. The van der Waals surface area contributed by atoms with Gasteiger partial charge in [0.15, 0.2) is 0 Å². The van der Waals surface area contributed by atoms with Crippen LogP contribution in [0, 0.1) is 12.7 Å². The third kappa shape index (κ3) is 4.27. The number of halogens is 1. The zero-order chi connectivity index (χ0) is 22.0. The summed E-state index contributed by atoms with van der Waals surface area (Å²) in [5.41, 5.74) is 3.13. The van der Waals surface area contributed by atoms with E-state index in [0.29, 0.717) is 16.8 Å². The van der Waals surface area contributed by atoms with Crippen molar-refractivity contribution in [3.05, 3.63) is 87.1 Å². The Morgan fingerprint density at radius 1 is 1.26 bits per heavy atom. The quantitative estimate of drug-likeness (QED) is 0.641. The van der Waals surface area contributed by atoms with Crippen LogP contribution < -0.4 is 10.9 Å². The summed E-state index contributed by atoms with van der Waals surface area (Å²) in [5, 5.41) is 12.4. The number of hydrogen-bond donors (Lipinski definition) is 2. The number of nitrogens with one attached hydrogen (secondary N) is 1. The van der Waals surface area contributed by atoms with E-state index in [2.05, 4.69) is 16.4 Å². The summed E-state index contributed by atoms with van der Waals surface area (Å²) >= 11 is 0. The van der Waals surface area contributed by atoms with Gasteiger partial charge in [-0.2, -0.15) is 0 Å². The minimum absolute atomic E-state index is 0.104. The molecule has 4 rings (SSSR count). The van der Waals surface area contributed by atoms with Gasteiger partial charge in [0.1, 0.15) is 18.2 Å². The molecule has 1 heterocycles. The molecule has 2 aromatic carbocycles. The Balaban J connectivity index is 1.68. The fourth-order valence-corrected chi connectivity index (χ4v) is 4.19. The normalized spacial score (nSPS) is 15.0. The van der Waals surface area contributed by atoms with Crippen LogP contribution in [-0.2, 0) is 24.2 Å². The van der Waals surface area contributed by atoms with Gasteiger partial charge in [0.05, 0.1) is 6.04 Å². The molecule has 0 saturated carbocycles. The molecule has 1 aliphatic carbocycles. The topological polar surface area (TPSA) is 84.2 Å². The summed E-state index contributed by atoms with van der Waals surface area (Å²) in [5.74, 6) is -0.546. The van der Waals surface area contributed by atoms with Crippen LogP contribution in [0.2, 0.25) is 0 Å². The van der Waals surface area contributed by atoms with E-state index in [1.807, 2.05) is 18.2 Å². The van der Waals surface area contributed by atoms with Crippen molar-refractivity contribution < 1.29 is 14.3 Å². The molecule has 0 fully saturated rings. The third-order valence-corrected chi connectivity index (χ3v) is 5.68. The Morgan fingerprint density at radius 3 is 2.84 bits per heavy atom. The van der Waals surface area contributed by atoms with Crippen LogP contribution >= 0.6 is 0 Å². The second kappa shape index (κ2) is 8.81. The van der Waals surface area contributed by atoms with Crippen LogP contribution in [0.4, 0.5) is 4.39 Å². The van der Waals surface area contributed by atoms with Crippen molar-refractivity contribution in [2.24, 2.45) is 0 Å². The summed E-state index contributed by atoms with van der Waals surface area (Å²) in [6.07, 6.45) is 1.83. The molecule has 3 aromatic rings. The molecule has 6 nitrogen and oxygen atoms in total. The van der Waals surface area contributed by atoms with Gasteiger partial charge in [0.25, 0.3) is 5.56 Å². The van der Waals surface area contributed by atoms with Gasteiger partial charge in [-0.3, -0.25) is 14.2 Å². The SMILES string of the molecule is Cc1nc(-c2cccc(F)c2)n(CC(=O)N[C@@H]2CCc3ccccc32)c(=O)c1CCO. The van der Waals surface area contributed by atoms with E-state index in [0.717, 1.165) is 18.4 Å². The highest BCUT2D eigenvalue weighted by molar-refractivity contribution is 5.77. The highest BCUT2D eigenvalue weighted by Gasteiger charge is 2.24. The first-order valence-electron chi connectivity index (χ1n) is 10.3. The Bertz CT molecular complexity index is 1190. The van der Waals surface area contributed by atoms with E-state index in [1.165, 1.54) is 28.3 Å². The summed E-state index contributed by atoms with van der Waals surface area (Å²) in [4.78, 5) is 30.6. The molecule has 7 heteroatoms. The van der Waals surface area contributed by atoms with Crippen molar-refractivity contribution >= 4 is 5.91 Å². The number of aliphatic hydroxyl groups excluding tert-OH is 1. The summed E-state index contributed by atoms with van der Waals surface area (Å²) in [7, 11) is 0. The summed E-state index contributed by atoms with van der Waals surface area (Å²) in [6, 6.07) is 13.7. The fraction of sp³-hybridized carbons (Fsp3) is 0.292. The molecular formula is C24H24FN3O3. The van der Waals surface area contributed by atoms with E-state index < -0.39 is 11.4 Å². The average molecular weight is 421 g/mol. The van der Waals surface area contributed by atoms with Crippen LogP contribution in [0.5, 0.6) is 0 Å². The Hall–Kier alpha value is -3.32. The highest BCUT2D eigenvalue weighted by Crippen LogP contribution is 2.30. The molecule has 1 aliphatic rings. The van der Waals surface area contributed by atoms with Crippen LogP contribution in [0.15, 0.2) is 53.3 Å². The zero-order valence-electron chi connectivity index (χ0n) is 17.3. The molecule has 0 bridgehead atoms. The van der Waals surface area contributed by atoms with E-state index in [9.17, 15) is 19.1 Å². The number of carbonyl (C=O) groups is 1. The van der Waals surface area contributed by atoms with E-state index in [1.54, 1.807) is 13.0 Å². The molecular weight excluding hydrogens is 397 g/mol. The molecule has 0 aliphatic heterocycles. The minimum Gasteiger partial charge on any atom is -0.396 e. The van der Waals surface area contributed by atoms with E-state index in [4.69, 9.17) is 0 Å². The molecule has 0 spiro atoms. The zero-order valence-corrected chi connectivity index (χ0v) is 17.3. The standard InChI is InChI=1S/C24H24FN3O3/c1-15-19(11-12-29)24(31)28(23(26-15)17-6-4-7-18(25)13-17)14-22(30)27-21-10-9-16-5-2-3-8-20(16)21/h2-8,13,21,29H,9-12,14H2,1H3,(H,27,30)/t21-/m1/s1. The number of fused-ring (bicyclic) bond motifs is 1. The number of aliphatic hydroxyl groups is 1. The Kier molecular flexibility index (Phi) is 5.95. The van der Waals surface area contributed by atoms with Gasteiger partial charge in [-0.05, 0) is 43.0 Å². The summed E-state index contributed by atoms with van der Waals surface area (Å²) < 4.78 is 15.1. The molecule has 0 unspecified atom stereocenters. The maximum absolute atomic E-state index is 13.8. The number of aromatic nitrogens is 2. The Labute approximate surface area is 179 Å². The lowest BCUT2D eigenvalue weighted by atomic mass is 10.1. The maximum atomic E-state index is 13.8. The first kappa shape index (κ1) is 20.9. The van der Waals surface area contributed by atoms with Gasteiger partial charge in [-0.15, -0.1) is 0 Å². The number of carbonyl (C=O) groups excluding carboxylic acids is 1. The first-order chi connectivity index (χ1) is 15.0. The highest BCUT2D eigenvalue weighted by atomic mass is 19.1. The molecule has 0 saturated heterocycles. The van der Waals surface area contributed by atoms with Crippen molar-refractivity contribution in [1.82, 2.24) is 14.9 Å². The van der Waals surface area contributed by atoms with Gasteiger partial charge < -0.3 is 10.4 Å². The van der Waals surface area contributed by atoms with Crippen LogP contribution in [0.1, 0.15) is 34.8 Å². The largest absolute Gasteiger partial charge is 0.396 e. The van der Waals surface area contributed by atoms with Gasteiger partial charge in [0, 0.05) is 29.8 Å². The van der Waals surface area contributed by atoms with E-state index in [-0.39, 0.29) is 37.3 Å². The smallest absolute Gasteiger partial charge is 0.257 e. The number of amides is 1. The molecule has 2 N–H and O–H groups in total. The molecule has 160 valence electrons. The molecule has 1 aromatic heterocycles. The fourth-order valence-electron chi connectivity index (χ4n) is 4.19. The average Bonchev–Trinajstić information content (AvgIpc) is 3.16. The lowest BCUT2D eigenvalue weighted by Gasteiger charge is -2.18. The van der Waals surface area contributed by atoms with Gasteiger partial charge >= 0.3 is 0 Å². The van der Waals surface area contributed by atoms with Crippen molar-refractivity contribution in [1.29, 1.82) is 0 Å². The minimum atomic E-state index is -0.456. The van der Waals surface area contributed by atoms with Crippen LogP contribution in [0.25, 0.3) is 11.4 Å². The van der Waals surface area contributed by atoms with Crippen molar-refractivity contribution in [2.75, 3.05) is 6.61 Å². The van der Waals surface area contributed by atoms with Crippen molar-refractivity contribution in [3.8, 4) is 11.4 Å². The van der Waals surface area contributed by atoms with Crippen LogP contribution in [0.3, 0.4) is 0 Å². The number of nitrogens with zero attached hydrogens (tertiary/aromatic N) is 2. The van der Waals surface area contributed by atoms with Crippen molar-refractivity contribution in [2.45, 2.75) is 38.8 Å². The lowest BCUT2D eigenvalue weighted by molar-refractivity contribution is -0.122. The molecule has 1 atom stereocenters. The Morgan fingerprint density at radius 2 is 2.06 bits per heavy atom. The van der Waals surface area contributed by atoms with Gasteiger partial charge in [-0.1, -0.05) is 36.4 Å². The van der Waals surface area contributed by atoms with Crippen molar-refractivity contribution in [3.63, 3.8) is 0 Å². The molecule has 31 heavy (non-hydrogen) atoms. The predicted molar refractivity (Wildman–Crippen MR) is 115 cm³/mol. The number of aryl methyl sites for hydroxylation is 2. The third-order valence-electron chi connectivity index (χ3n) is 5.68. The van der Waals surface area contributed by atoms with Gasteiger partial charge in [-0.25, -0.2) is 9.37 Å². The summed E-state index contributed by atoms with van der Waals surface area (Å²) in [6.45, 7) is 1.23. The van der Waals surface area contributed by atoms with E-state index >= 15 is 0 Å². The van der Waals surface area contributed by atoms with Gasteiger partial charge in [0.2, 0.25) is 5.91 Å². The number of benzene rings is 2. The first-order valence-corrected chi connectivity index (χ1v) is 10.3. The maximum Gasteiger partial charge on any atom is 0.257 e. The second-order valence-corrected chi connectivity index (χ2v) is 7.73. The lowest BCUT2D eigenvalue weighted by Crippen LogP contribution is -2.37. The molecule has 1 amide bonds. The molecule has 0 radical (unpaired) electrons. The number of rotatable bonds is 6. The monoisotopic (exact) mass is 421 g/mol. The second-order valence-electron chi connectivity index (χ2n) is 7.73. The van der Waals surface area contributed by atoms with Crippen LogP contribution in [-0.4, -0.2) is 27.2 Å². The number of hydrogen-bond acceptors (Lipinski definition) is 4.